The smallest absolute Gasteiger partial charge is 0.173 e. The van der Waals surface area contributed by atoms with Gasteiger partial charge in [-0.15, -0.1) is 5.10 Å². The van der Waals surface area contributed by atoms with Crippen LogP contribution >= 0.6 is 11.6 Å². The molecule has 0 spiro atoms. The number of rotatable bonds is 6. The van der Waals surface area contributed by atoms with Crippen LogP contribution in [0.5, 0.6) is 0 Å². The monoisotopic (exact) mass is 396 g/mol. The van der Waals surface area contributed by atoms with Crippen LogP contribution < -0.4 is 0 Å². The first kappa shape index (κ1) is 19.1. The summed E-state index contributed by atoms with van der Waals surface area (Å²) in [5.41, 5.74) is 2.34. The van der Waals surface area contributed by atoms with E-state index in [4.69, 9.17) is 11.6 Å². The molecule has 0 bridgehead atoms. The van der Waals surface area contributed by atoms with Gasteiger partial charge in [-0.3, -0.25) is 4.90 Å². The van der Waals surface area contributed by atoms with Gasteiger partial charge < -0.3 is 4.90 Å². The van der Waals surface area contributed by atoms with Crippen molar-refractivity contribution in [3.8, 4) is 0 Å². The lowest BCUT2D eigenvalue weighted by Crippen LogP contribution is -2.46. The summed E-state index contributed by atoms with van der Waals surface area (Å²) < 4.78 is 1.93. The van der Waals surface area contributed by atoms with Gasteiger partial charge in [0.15, 0.2) is 5.82 Å². The average Bonchev–Trinajstić information content (AvgIpc) is 3.18. The second-order valence-corrected chi connectivity index (χ2v) is 7.67. The van der Waals surface area contributed by atoms with E-state index in [1.54, 1.807) is 0 Å². The van der Waals surface area contributed by atoms with Gasteiger partial charge in [0.2, 0.25) is 0 Å². The summed E-state index contributed by atoms with van der Waals surface area (Å²) in [4.78, 5) is 4.78. The molecule has 2 aromatic carbocycles. The predicted octanol–water partition coefficient (Wildman–Crippen LogP) is 2.91. The number of hydrogen-bond acceptors (Lipinski definition) is 5. The van der Waals surface area contributed by atoms with Crippen molar-refractivity contribution in [3.63, 3.8) is 0 Å². The molecule has 1 fully saturated rings. The molecule has 1 atom stereocenters. The van der Waals surface area contributed by atoms with Gasteiger partial charge in [0, 0.05) is 37.7 Å². The Hall–Kier alpha value is -2.28. The molecule has 28 heavy (non-hydrogen) atoms. The third-order valence-corrected chi connectivity index (χ3v) is 5.71. The average molecular weight is 397 g/mol. The molecule has 0 aliphatic carbocycles. The minimum atomic E-state index is -0.0480. The molecule has 4 rings (SSSR count). The van der Waals surface area contributed by atoms with E-state index in [0.717, 1.165) is 55.6 Å². The Morgan fingerprint density at radius 2 is 1.68 bits per heavy atom. The molecule has 3 aromatic rings. The molecule has 1 aromatic heterocycles. The molecule has 1 saturated heterocycles. The fourth-order valence-electron chi connectivity index (χ4n) is 3.72. The Morgan fingerprint density at radius 3 is 2.43 bits per heavy atom. The summed E-state index contributed by atoms with van der Waals surface area (Å²) >= 11 is 6.59. The summed E-state index contributed by atoms with van der Waals surface area (Å²) in [6, 6.07) is 18.4. The lowest BCUT2D eigenvalue weighted by atomic mass is 10.0. The maximum atomic E-state index is 6.59. The van der Waals surface area contributed by atoms with Crippen molar-refractivity contribution in [2.45, 2.75) is 19.0 Å². The summed E-state index contributed by atoms with van der Waals surface area (Å²) in [5.74, 6) is 0.855. The second kappa shape index (κ2) is 8.82. The van der Waals surface area contributed by atoms with Gasteiger partial charge >= 0.3 is 0 Å². The highest BCUT2D eigenvalue weighted by Crippen LogP contribution is 2.32. The van der Waals surface area contributed by atoms with Crippen LogP contribution in [0.3, 0.4) is 0 Å². The highest BCUT2D eigenvalue weighted by Gasteiger charge is 2.31. The second-order valence-electron chi connectivity index (χ2n) is 7.26. The molecular formula is C21H25ClN6. The van der Waals surface area contributed by atoms with Gasteiger partial charge in [0.25, 0.3) is 0 Å². The van der Waals surface area contributed by atoms with Gasteiger partial charge in [0.05, 0.1) is 6.04 Å². The number of halogens is 1. The fourth-order valence-corrected chi connectivity index (χ4v) is 3.96. The van der Waals surface area contributed by atoms with Crippen molar-refractivity contribution in [2.75, 3.05) is 33.2 Å². The molecule has 2 heterocycles. The van der Waals surface area contributed by atoms with E-state index in [1.165, 1.54) is 5.56 Å². The van der Waals surface area contributed by atoms with Crippen molar-refractivity contribution >= 4 is 11.6 Å². The van der Waals surface area contributed by atoms with E-state index in [-0.39, 0.29) is 6.04 Å². The zero-order valence-electron chi connectivity index (χ0n) is 16.1. The molecule has 0 radical (unpaired) electrons. The number of benzene rings is 2. The minimum absolute atomic E-state index is 0.0480. The van der Waals surface area contributed by atoms with Gasteiger partial charge in [-0.2, -0.15) is 0 Å². The lowest BCUT2D eigenvalue weighted by Gasteiger charge is -2.37. The third kappa shape index (κ3) is 4.24. The Labute approximate surface area is 170 Å². The predicted molar refractivity (Wildman–Crippen MR) is 110 cm³/mol. The Morgan fingerprint density at radius 1 is 0.964 bits per heavy atom. The van der Waals surface area contributed by atoms with Crippen LogP contribution in [0.1, 0.15) is 23.0 Å². The quantitative estimate of drug-likeness (QED) is 0.641. The SMILES string of the molecule is CN1CCN([C@H](c2ccccc2Cl)c2nnnn2CCc2ccccc2)CC1. The first-order valence-electron chi connectivity index (χ1n) is 9.69. The normalized spacial score (nSPS) is 16.9. The summed E-state index contributed by atoms with van der Waals surface area (Å²) in [7, 11) is 2.16. The molecule has 7 heteroatoms. The molecule has 6 nitrogen and oxygen atoms in total. The number of hydrogen-bond donors (Lipinski definition) is 0. The van der Waals surface area contributed by atoms with Crippen LogP contribution in [0, 0.1) is 0 Å². The van der Waals surface area contributed by atoms with Crippen molar-refractivity contribution in [1.29, 1.82) is 0 Å². The van der Waals surface area contributed by atoms with E-state index in [9.17, 15) is 0 Å². The van der Waals surface area contributed by atoms with E-state index in [0.29, 0.717) is 0 Å². The maximum absolute atomic E-state index is 6.59. The summed E-state index contributed by atoms with van der Waals surface area (Å²) in [5, 5.41) is 13.5. The zero-order chi connectivity index (χ0) is 19.3. The van der Waals surface area contributed by atoms with Crippen molar-refractivity contribution in [2.24, 2.45) is 0 Å². The fraction of sp³-hybridized carbons (Fsp3) is 0.381. The zero-order valence-corrected chi connectivity index (χ0v) is 16.8. The first-order chi connectivity index (χ1) is 13.7. The van der Waals surface area contributed by atoms with Crippen LogP contribution in [0.4, 0.5) is 0 Å². The summed E-state index contributed by atoms with van der Waals surface area (Å²) in [6.45, 7) is 4.69. The van der Waals surface area contributed by atoms with Crippen LogP contribution in [0.15, 0.2) is 54.6 Å². The van der Waals surface area contributed by atoms with E-state index < -0.39 is 0 Å². The van der Waals surface area contributed by atoms with Crippen LogP contribution in [-0.4, -0.2) is 63.2 Å². The minimum Gasteiger partial charge on any atom is -0.304 e. The first-order valence-corrected chi connectivity index (χ1v) is 10.1. The number of piperazine rings is 1. The molecule has 146 valence electrons. The topological polar surface area (TPSA) is 50.1 Å². The van der Waals surface area contributed by atoms with Crippen molar-refractivity contribution in [3.05, 3.63) is 76.6 Å². The van der Waals surface area contributed by atoms with Crippen molar-refractivity contribution < 1.29 is 0 Å². The van der Waals surface area contributed by atoms with Gasteiger partial charge in [-0.05, 0) is 41.1 Å². The molecule has 1 aliphatic heterocycles. The van der Waals surface area contributed by atoms with E-state index in [2.05, 4.69) is 62.7 Å². The van der Waals surface area contributed by atoms with E-state index in [1.807, 2.05) is 28.9 Å². The molecule has 1 aliphatic rings. The molecular weight excluding hydrogens is 372 g/mol. The molecule has 0 saturated carbocycles. The largest absolute Gasteiger partial charge is 0.304 e. The van der Waals surface area contributed by atoms with Gasteiger partial charge in [-0.1, -0.05) is 60.1 Å². The summed E-state index contributed by atoms with van der Waals surface area (Å²) in [6.07, 6.45) is 0.886. The standard InChI is InChI=1S/C21H25ClN6/c1-26-13-15-27(16-14-26)20(18-9-5-6-10-19(18)22)21-23-24-25-28(21)12-11-17-7-3-2-4-8-17/h2-10,20H,11-16H2,1H3/t20-/m1/s1. The van der Waals surface area contributed by atoms with Crippen LogP contribution in [-0.2, 0) is 13.0 Å². The van der Waals surface area contributed by atoms with Crippen LogP contribution in [0.25, 0.3) is 0 Å². The van der Waals surface area contributed by atoms with Crippen molar-refractivity contribution in [1.82, 2.24) is 30.0 Å². The molecule has 0 amide bonds. The number of nitrogens with zero attached hydrogens (tertiary/aromatic N) is 6. The lowest BCUT2D eigenvalue weighted by molar-refractivity contribution is 0.121. The highest BCUT2D eigenvalue weighted by molar-refractivity contribution is 6.31. The maximum Gasteiger partial charge on any atom is 0.173 e. The Bertz CT molecular complexity index is 889. The van der Waals surface area contributed by atoms with E-state index >= 15 is 0 Å². The molecule has 0 N–H and O–H groups in total. The number of aryl methyl sites for hydroxylation is 2. The van der Waals surface area contributed by atoms with Gasteiger partial charge in [-0.25, -0.2) is 4.68 Å². The Kier molecular flexibility index (Phi) is 6.00. The number of likely N-dealkylation sites (N-methyl/N-ethyl adjacent to an activating group) is 1. The third-order valence-electron chi connectivity index (χ3n) is 5.36. The van der Waals surface area contributed by atoms with Gasteiger partial charge in [0.1, 0.15) is 0 Å². The Balaban J connectivity index is 1.64. The molecule has 0 unspecified atom stereocenters. The number of aromatic nitrogens is 4. The highest BCUT2D eigenvalue weighted by atomic mass is 35.5. The van der Waals surface area contributed by atoms with Crippen LogP contribution in [0.2, 0.25) is 5.02 Å². The number of tetrazole rings is 1.